The molecule has 7 nitrogen and oxygen atoms in total. The molecule has 0 aromatic heterocycles. The number of methoxy groups -OCH3 is 1. The Morgan fingerprint density at radius 1 is 0.966 bits per heavy atom. The van der Waals surface area contributed by atoms with Crippen LogP contribution in [-0.2, 0) is 9.59 Å². The smallest absolute Gasteiger partial charge is 0.233 e. The number of nitrogens with one attached hydrogen (secondary N) is 1. The number of anilines is 2. The molecule has 1 fully saturated rings. The van der Waals surface area contributed by atoms with Crippen LogP contribution in [0.3, 0.4) is 0 Å². The predicted molar refractivity (Wildman–Crippen MR) is 113 cm³/mol. The first-order valence-electron chi connectivity index (χ1n) is 9.79. The molecule has 0 aliphatic carbocycles. The molecule has 1 N–H and O–H groups in total. The normalized spacial score (nSPS) is 13.7. The van der Waals surface area contributed by atoms with Crippen molar-refractivity contribution in [1.82, 2.24) is 4.90 Å². The van der Waals surface area contributed by atoms with Gasteiger partial charge in [0.25, 0.3) is 0 Å². The highest BCUT2D eigenvalue weighted by molar-refractivity contribution is 6.04. The van der Waals surface area contributed by atoms with Crippen LogP contribution in [0.25, 0.3) is 0 Å². The van der Waals surface area contributed by atoms with E-state index < -0.39 is 0 Å². The average Bonchev–Trinajstić information content (AvgIpc) is 2.75. The molecule has 1 aliphatic heterocycles. The summed E-state index contributed by atoms with van der Waals surface area (Å²) in [4.78, 5) is 28.8. The highest BCUT2D eigenvalue weighted by Gasteiger charge is 2.24. The molecular formula is C22H27N3O4. The first-order chi connectivity index (χ1) is 14.1. The third-order valence-corrected chi connectivity index (χ3v) is 4.83. The second-order valence-corrected chi connectivity index (χ2v) is 6.69. The van der Waals surface area contributed by atoms with Crippen LogP contribution in [0.2, 0.25) is 0 Å². The van der Waals surface area contributed by atoms with Gasteiger partial charge >= 0.3 is 0 Å². The molecule has 0 unspecified atom stereocenters. The van der Waals surface area contributed by atoms with Gasteiger partial charge in [-0.3, -0.25) is 9.59 Å². The number of carbonyl (C=O) groups excluding carboxylic acids is 2. The Morgan fingerprint density at radius 3 is 2.31 bits per heavy atom. The molecule has 3 rings (SSSR count). The summed E-state index contributed by atoms with van der Waals surface area (Å²) in [5, 5.41) is 2.78. The molecule has 2 aromatic carbocycles. The topological polar surface area (TPSA) is 71.1 Å². The summed E-state index contributed by atoms with van der Waals surface area (Å²) in [6, 6.07) is 15.1. The lowest BCUT2D eigenvalue weighted by molar-refractivity contribution is -0.134. The molecular weight excluding hydrogens is 370 g/mol. The second-order valence-electron chi connectivity index (χ2n) is 6.69. The fourth-order valence-electron chi connectivity index (χ4n) is 3.38. The van der Waals surface area contributed by atoms with Crippen molar-refractivity contribution in [3.05, 3.63) is 48.5 Å². The summed E-state index contributed by atoms with van der Waals surface area (Å²) in [7, 11) is 1.65. The standard InChI is InChI=1S/C22H27N3O4/c1-3-29-19-10-6-4-8-17(19)23-21(26)16-22(27)25-14-12-24(13-15-25)18-9-5-7-11-20(18)28-2/h4-11H,3,12-16H2,1-2H3,(H,23,26). The van der Waals surface area contributed by atoms with Crippen molar-refractivity contribution in [3.63, 3.8) is 0 Å². The van der Waals surface area contributed by atoms with Crippen molar-refractivity contribution in [3.8, 4) is 11.5 Å². The maximum atomic E-state index is 12.6. The van der Waals surface area contributed by atoms with Crippen LogP contribution in [0.4, 0.5) is 11.4 Å². The molecule has 1 heterocycles. The first-order valence-corrected chi connectivity index (χ1v) is 9.79. The minimum absolute atomic E-state index is 0.170. The van der Waals surface area contributed by atoms with E-state index in [1.54, 1.807) is 24.1 Å². The number of benzene rings is 2. The minimum atomic E-state index is -0.339. The van der Waals surface area contributed by atoms with Gasteiger partial charge in [0.05, 0.1) is 25.1 Å². The lowest BCUT2D eigenvalue weighted by Crippen LogP contribution is -2.49. The first kappa shape index (κ1) is 20.5. The van der Waals surface area contributed by atoms with Crippen LogP contribution in [0, 0.1) is 0 Å². The molecule has 0 radical (unpaired) electrons. The van der Waals surface area contributed by atoms with Crippen LogP contribution >= 0.6 is 0 Å². The van der Waals surface area contributed by atoms with Crippen molar-refractivity contribution in [2.24, 2.45) is 0 Å². The molecule has 2 aromatic rings. The Hall–Kier alpha value is -3.22. The minimum Gasteiger partial charge on any atom is -0.495 e. The number of ether oxygens (including phenoxy) is 2. The zero-order chi connectivity index (χ0) is 20.6. The molecule has 154 valence electrons. The fraction of sp³-hybridized carbons (Fsp3) is 0.364. The van der Waals surface area contributed by atoms with E-state index >= 15 is 0 Å². The van der Waals surface area contributed by atoms with Crippen LogP contribution in [0.15, 0.2) is 48.5 Å². The summed E-state index contributed by atoms with van der Waals surface area (Å²) in [6.07, 6.45) is -0.185. The van der Waals surface area contributed by atoms with Crippen molar-refractivity contribution >= 4 is 23.2 Å². The van der Waals surface area contributed by atoms with Gasteiger partial charge in [0.1, 0.15) is 17.9 Å². The number of hydrogen-bond acceptors (Lipinski definition) is 5. The van der Waals surface area contributed by atoms with Crippen LogP contribution in [-0.4, -0.2) is 56.6 Å². The highest BCUT2D eigenvalue weighted by atomic mass is 16.5. The molecule has 0 spiro atoms. The fourth-order valence-corrected chi connectivity index (χ4v) is 3.38. The number of amides is 2. The Balaban J connectivity index is 1.53. The van der Waals surface area contributed by atoms with Gasteiger partial charge in [-0.1, -0.05) is 24.3 Å². The molecule has 1 aliphatic rings. The van der Waals surface area contributed by atoms with Gasteiger partial charge < -0.3 is 24.6 Å². The van der Waals surface area contributed by atoms with E-state index in [4.69, 9.17) is 9.47 Å². The molecule has 7 heteroatoms. The van der Waals surface area contributed by atoms with E-state index in [0.29, 0.717) is 44.2 Å². The van der Waals surface area contributed by atoms with Gasteiger partial charge in [-0.25, -0.2) is 0 Å². The number of para-hydroxylation sites is 4. The molecule has 0 atom stereocenters. The summed E-state index contributed by atoms with van der Waals surface area (Å²) < 4.78 is 10.9. The maximum Gasteiger partial charge on any atom is 0.233 e. The van der Waals surface area contributed by atoms with E-state index in [1.807, 2.05) is 43.3 Å². The van der Waals surface area contributed by atoms with Gasteiger partial charge in [0, 0.05) is 26.2 Å². The Labute approximate surface area is 171 Å². The Bertz CT molecular complexity index is 847. The third kappa shape index (κ3) is 5.19. The molecule has 1 saturated heterocycles. The zero-order valence-corrected chi connectivity index (χ0v) is 16.9. The third-order valence-electron chi connectivity index (χ3n) is 4.83. The number of nitrogens with zero attached hydrogens (tertiary/aromatic N) is 2. The SMILES string of the molecule is CCOc1ccccc1NC(=O)CC(=O)N1CCN(c2ccccc2OC)CC1. The zero-order valence-electron chi connectivity index (χ0n) is 16.9. The van der Waals surface area contributed by atoms with E-state index in [1.165, 1.54) is 0 Å². The number of hydrogen-bond donors (Lipinski definition) is 1. The largest absolute Gasteiger partial charge is 0.495 e. The number of rotatable bonds is 7. The van der Waals surface area contributed by atoms with Crippen LogP contribution in [0.1, 0.15) is 13.3 Å². The molecule has 0 saturated carbocycles. The number of carbonyl (C=O) groups is 2. The highest BCUT2D eigenvalue weighted by Crippen LogP contribution is 2.28. The molecule has 29 heavy (non-hydrogen) atoms. The average molecular weight is 397 g/mol. The monoisotopic (exact) mass is 397 g/mol. The maximum absolute atomic E-state index is 12.6. The quantitative estimate of drug-likeness (QED) is 0.728. The second kappa shape index (κ2) is 9.82. The van der Waals surface area contributed by atoms with Gasteiger partial charge in [0.2, 0.25) is 11.8 Å². The van der Waals surface area contributed by atoms with Gasteiger partial charge in [-0.05, 0) is 31.2 Å². The van der Waals surface area contributed by atoms with Gasteiger partial charge in [0.15, 0.2) is 0 Å². The van der Waals surface area contributed by atoms with Crippen molar-refractivity contribution in [2.45, 2.75) is 13.3 Å². The summed E-state index contributed by atoms with van der Waals surface area (Å²) in [5.41, 5.74) is 1.60. The van der Waals surface area contributed by atoms with Crippen molar-refractivity contribution < 1.29 is 19.1 Å². The van der Waals surface area contributed by atoms with Crippen molar-refractivity contribution in [1.29, 1.82) is 0 Å². The van der Waals surface area contributed by atoms with E-state index in [0.717, 1.165) is 11.4 Å². The van der Waals surface area contributed by atoms with Gasteiger partial charge in [-0.2, -0.15) is 0 Å². The number of piperazine rings is 1. The van der Waals surface area contributed by atoms with E-state index in [-0.39, 0.29) is 18.2 Å². The molecule has 0 bridgehead atoms. The van der Waals surface area contributed by atoms with Crippen LogP contribution in [0.5, 0.6) is 11.5 Å². The lowest BCUT2D eigenvalue weighted by atomic mass is 10.2. The van der Waals surface area contributed by atoms with Crippen molar-refractivity contribution in [2.75, 3.05) is 50.1 Å². The Morgan fingerprint density at radius 2 is 1.62 bits per heavy atom. The van der Waals surface area contributed by atoms with E-state index in [9.17, 15) is 9.59 Å². The summed E-state index contributed by atoms with van der Waals surface area (Å²) in [6.45, 7) is 4.91. The molecule has 2 amide bonds. The van der Waals surface area contributed by atoms with Crippen LogP contribution < -0.4 is 19.7 Å². The summed E-state index contributed by atoms with van der Waals surface area (Å²) in [5.74, 6) is 0.909. The Kier molecular flexibility index (Phi) is 6.94. The lowest BCUT2D eigenvalue weighted by Gasteiger charge is -2.36. The van der Waals surface area contributed by atoms with Gasteiger partial charge in [-0.15, -0.1) is 0 Å². The predicted octanol–water partition coefficient (Wildman–Crippen LogP) is 2.77. The van der Waals surface area contributed by atoms with E-state index in [2.05, 4.69) is 10.2 Å². The summed E-state index contributed by atoms with van der Waals surface area (Å²) >= 11 is 0.